The largest absolute Gasteiger partial charge is 0.780 e. The van der Waals surface area contributed by atoms with Crippen LogP contribution in [0.5, 0.6) is 0 Å². The summed E-state index contributed by atoms with van der Waals surface area (Å²) < 4.78 is 109. The molecule has 45 nitrogen and oxygen atoms in total. The van der Waals surface area contributed by atoms with Crippen LogP contribution in [0.15, 0.2) is 69.3 Å². The number of imidazole rings is 2. The van der Waals surface area contributed by atoms with Crippen LogP contribution in [-0.2, 0) is 133 Å². The Kier molecular flexibility index (Phi) is 25.5. The predicted molar refractivity (Wildman–Crippen MR) is 396 cm³/mol. The molecule has 20 atom stereocenters. The molecule has 0 bridgehead atoms. The van der Waals surface area contributed by atoms with Gasteiger partial charge in [-0.05, 0) is 75.6 Å². The van der Waals surface area contributed by atoms with E-state index in [-0.39, 0.29) is 69.9 Å². The van der Waals surface area contributed by atoms with Crippen LogP contribution < -0.4 is 72.0 Å². The first-order chi connectivity index (χ1) is 51.6. The van der Waals surface area contributed by atoms with Gasteiger partial charge in [0, 0.05) is 55.4 Å². The van der Waals surface area contributed by atoms with Gasteiger partial charge in [-0.25, -0.2) is 28.7 Å². The molecule has 0 aliphatic carbocycles. The van der Waals surface area contributed by atoms with Crippen molar-refractivity contribution in [2.24, 2.45) is 11.8 Å². The number of nitrogens with zero attached hydrogens (tertiary/aromatic N) is 9. The minimum absolute atomic E-state index is 0.000946. The lowest BCUT2D eigenvalue weighted by atomic mass is 9.89. The number of hydrogen-bond acceptors (Lipinski definition) is 38. The summed E-state index contributed by atoms with van der Waals surface area (Å²) in [4.78, 5) is 183. The number of anilines is 3. The molecule has 0 radical (unpaired) electrons. The fourth-order valence-electron chi connectivity index (χ4n) is 12.9. The van der Waals surface area contributed by atoms with E-state index in [4.69, 9.17) is 146 Å². The van der Waals surface area contributed by atoms with Crippen LogP contribution in [0.25, 0.3) is 22.3 Å². The Morgan fingerprint density at radius 1 is 0.555 bits per heavy atom. The minimum atomic E-state index is -4.80. The van der Waals surface area contributed by atoms with Gasteiger partial charge in [-0.2, -0.15) is 15.0 Å². The van der Waals surface area contributed by atoms with Gasteiger partial charge in [-0.3, -0.25) is 66.9 Å². The molecule has 12 rings (SSSR count). The highest BCUT2D eigenvalue weighted by Crippen LogP contribution is 2.56. The summed E-state index contributed by atoms with van der Waals surface area (Å²) in [5.74, 6) is -0.999. The van der Waals surface area contributed by atoms with E-state index in [0.717, 1.165) is 13.7 Å². The number of aryl methyl sites for hydroxylation is 2. The number of H-pyrrole nitrogens is 5. The third-order valence-electron chi connectivity index (χ3n) is 18.0. The van der Waals surface area contributed by atoms with Crippen molar-refractivity contribution in [1.29, 1.82) is 0 Å². The summed E-state index contributed by atoms with van der Waals surface area (Å²) in [7, 11) is 0. The quantitative estimate of drug-likeness (QED) is 0.0189. The number of nitrogens with two attached hydrogens (primary N) is 3. The van der Waals surface area contributed by atoms with E-state index in [9.17, 15) is 62.5 Å². The maximum atomic E-state index is 14.4. The Labute approximate surface area is 643 Å². The summed E-state index contributed by atoms with van der Waals surface area (Å²) in [6.45, 7) is -16.7. The second-order valence-corrected chi connectivity index (χ2v) is 40.1. The summed E-state index contributed by atoms with van der Waals surface area (Å²) in [5, 5.41) is 0. The first kappa shape index (κ1) is 84.0. The average molecular weight is 1740 g/mol. The van der Waals surface area contributed by atoms with Crippen LogP contribution in [0.4, 0.5) is 17.7 Å². The molecule has 0 amide bonds. The number of aromatic amines is 5. The summed E-state index contributed by atoms with van der Waals surface area (Å²) in [6.07, 6.45) is -15.1. The van der Waals surface area contributed by atoms with E-state index in [2.05, 4.69) is 44.9 Å². The predicted octanol–water partition coefficient (Wildman–Crippen LogP) is -0.716. The average Bonchev–Trinajstić information content (AvgIpc) is 1.59. The first-order valence-electron chi connectivity index (χ1n) is 33.3. The lowest BCUT2D eigenvalue weighted by Gasteiger charge is -2.34. The third kappa shape index (κ3) is 19.7. The van der Waals surface area contributed by atoms with E-state index in [1.54, 1.807) is 13.8 Å². The number of ether oxygens (including phenoxy) is 5. The number of nitrogen functional groups attached to an aromatic ring is 3. The molecule has 5 saturated heterocycles. The van der Waals surface area contributed by atoms with Crippen molar-refractivity contribution in [2.45, 2.75) is 166 Å². The maximum absolute atomic E-state index is 14.4. The van der Waals surface area contributed by atoms with Crippen molar-refractivity contribution in [3.63, 3.8) is 0 Å². The van der Waals surface area contributed by atoms with Gasteiger partial charge in [-0.15, -0.1) is 0 Å². The number of aromatic nitrogens is 14. The number of rotatable bonds is 31. The molecule has 110 heavy (non-hydrogen) atoms. The van der Waals surface area contributed by atoms with E-state index < -0.39 is 223 Å². The van der Waals surface area contributed by atoms with E-state index in [1.165, 1.54) is 54.0 Å². The summed E-state index contributed by atoms with van der Waals surface area (Å²) in [5.41, 5.74) is 10.3. The van der Waals surface area contributed by atoms with Crippen LogP contribution in [0.3, 0.4) is 0 Å². The SMILES string of the molecule is Cc1cn([C@H]2C[C@@H](OP([O-])(=S)OC[C@H]3O[C@@H](n4ccc(N)nc4=O)C[C@H]3C(C)C)[C@@H](COP(O)(=S)O[C@@H]3C[C@H](n4c(=O)[nH]c5c(=O)[nH]c(N)nc54)O[C@@H]3COP(O)(=S)O[C@@H]3C[C@H](n4cc(C)c(=O)[nH]c4=O)O[C@@H]3COP(=O)([S-])O[C@@H]3C[C@H](n4cnc5c(=O)[nH]c(N)nc54)O[C@@H]3COP([O-])(=S)OC(C)C)O2)c(=O)[nH]c1=O. The Balaban J connectivity index is 0.765. The van der Waals surface area contributed by atoms with Crippen LogP contribution >= 0.6 is 33.7 Å². The summed E-state index contributed by atoms with van der Waals surface area (Å²) in [6, 6.07) is 1.43. The Bertz CT molecular complexity index is 5410. The van der Waals surface area contributed by atoms with Crippen LogP contribution in [0, 0.1) is 25.7 Å². The van der Waals surface area contributed by atoms with Gasteiger partial charge in [0.2, 0.25) is 11.9 Å². The molecule has 7 aromatic rings. The lowest BCUT2D eigenvalue weighted by Crippen LogP contribution is -2.33. The Morgan fingerprint density at radius 3 is 1.55 bits per heavy atom. The van der Waals surface area contributed by atoms with Gasteiger partial charge in [0.15, 0.2) is 29.1 Å². The number of fused-ring (bicyclic) bond motifs is 2. The molecule has 5 fully saturated rings. The Morgan fingerprint density at radius 2 is 1.01 bits per heavy atom. The smallest absolute Gasteiger partial charge is 0.351 e. The zero-order valence-corrected chi connectivity index (χ0v) is 66.9. The molecular weight excluding hydrogens is 1660 g/mol. The number of hydrogen-bond donors (Lipinski definition) is 10. The van der Waals surface area contributed by atoms with Gasteiger partial charge < -0.3 is 118 Å². The van der Waals surface area contributed by atoms with Crippen LogP contribution in [0.2, 0.25) is 0 Å². The van der Waals surface area contributed by atoms with Gasteiger partial charge in [0.1, 0.15) is 74.8 Å². The molecule has 13 N–H and O–H groups in total. The van der Waals surface area contributed by atoms with Gasteiger partial charge in [0.25, 0.3) is 22.2 Å². The molecule has 7 aromatic heterocycles. The highest BCUT2D eigenvalue weighted by atomic mass is 32.7. The second kappa shape index (κ2) is 33.4. The van der Waals surface area contributed by atoms with Crippen molar-refractivity contribution < 1.29 is 93.1 Å². The lowest BCUT2D eigenvalue weighted by molar-refractivity contribution is -0.215. The van der Waals surface area contributed by atoms with Gasteiger partial charge in [0.05, 0.1) is 76.0 Å². The van der Waals surface area contributed by atoms with Crippen molar-refractivity contribution >= 4 is 133 Å². The third-order valence-corrected chi connectivity index (χ3v) is 26.0. The molecule has 5 unspecified atom stereocenters. The van der Waals surface area contributed by atoms with Crippen molar-refractivity contribution in [2.75, 3.05) is 50.2 Å². The van der Waals surface area contributed by atoms with E-state index in [1.807, 2.05) is 13.8 Å². The molecule has 5 aliphatic rings. The maximum Gasteiger partial charge on any atom is 0.351 e. The highest BCUT2D eigenvalue weighted by Gasteiger charge is 2.48. The standard InChI is InChI=1S/C55H76N17O28P5S5/c1-22(2)26-9-37(68-8-7-36(56)60-52(68)77)91-31(26)16-86-102(82,107)97-27-10-38(69-14-24(5)46(73)66-53(69)78)92-32(27)19-89-105(85,110)100-30-13-41(72-45-43(61-55(72)80)49(76)65-51(58)63-45)95-35(30)20-90-104(84,109)98-28-11-39(70-15-25(6)47(74)67-54(70)79)93-33(28)18-88-103(83,108)99-29-12-40(94-34(29)17-87-101(81,106)96-23(3)4)71-21-59-42-44(71)62-50(57)64-48(42)75/h7-8,14-15,21-23,26-35,37-41H,9-13,16-20H2,1-6H3,(H,61,80)(H,81,106)(H,82,107)(H,83,108)(H,84,109)(H,85,110)(H2,56,60,77)(H,66,73,78)(H,67,74,79)(H3,57,62,64,75)(H3,58,63,65,76)/p-3/t26-,27+,28+,29+,30+,31+,32+,33+,34+,35+,37+,38+,39+,40+,41+,101?,102?,103?,104?,105?/m0/s1. The van der Waals surface area contributed by atoms with Crippen LogP contribution in [-0.4, -0.2) is 172 Å². The molecule has 0 spiro atoms. The minimum Gasteiger partial charge on any atom is -0.780 e. The molecule has 12 heterocycles. The summed E-state index contributed by atoms with van der Waals surface area (Å²) >= 11 is 27.1. The van der Waals surface area contributed by atoms with E-state index in [0.29, 0.717) is 6.42 Å². The molecule has 604 valence electrons. The zero-order chi connectivity index (χ0) is 79.6. The van der Waals surface area contributed by atoms with E-state index >= 15 is 0 Å². The molecule has 5 aliphatic heterocycles. The van der Waals surface area contributed by atoms with Gasteiger partial charge >= 0.3 is 36.2 Å². The van der Waals surface area contributed by atoms with Crippen molar-refractivity contribution in [3.05, 3.63) is 125 Å². The molecule has 0 saturated carbocycles. The Hall–Kier alpha value is -5.44. The fourth-order valence-corrected chi connectivity index (χ4v) is 20.4. The monoisotopic (exact) mass is 1730 g/mol. The first-order valence-corrected chi connectivity index (χ1v) is 46.1. The zero-order valence-electron chi connectivity index (χ0n) is 58.3. The topological polar surface area (TPSA) is 612 Å². The fraction of sp³-hybridized carbons (Fsp3) is 0.600. The van der Waals surface area contributed by atoms with Crippen molar-refractivity contribution in [3.8, 4) is 0 Å². The van der Waals surface area contributed by atoms with Gasteiger partial charge in [-0.1, -0.05) is 37.5 Å². The van der Waals surface area contributed by atoms with Crippen LogP contribution in [0.1, 0.15) is 102 Å². The highest BCUT2D eigenvalue weighted by molar-refractivity contribution is 8.32. The van der Waals surface area contributed by atoms with Crippen molar-refractivity contribution in [1.82, 2.24) is 67.7 Å². The number of nitrogens with one attached hydrogen (secondary N) is 5. The normalized spacial score (nSPS) is 28.6. The molecule has 0 aromatic carbocycles. The molecule has 55 heteroatoms. The molecular formula is C55H73N17O28P5S5-3. The second-order valence-electron chi connectivity index (χ2n) is 26.4.